The molecule has 1 aromatic heterocycles. The first kappa shape index (κ1) is 18.0. The van der Waals surface area contributed by atoms with Gasteiger partial charge < -0.3 is 25.0 Å². The van der Waals surface area contributed by atoms with Gasteiger partial charge in [0, 0.05) is 44.0 Å². The van der Waals surface area contributed by atoms with Gasteiger partial charge in [-0.15, -0.1) is 0 Å². The van der Waals surface area contributed by atoms with E-state index in [2.05, 4.69) is 37.2 Å². The number of nitrogens with one attached hydrogen (secondary N) is 1. The van der Waals surface area contributed by atoms with E-state index in [4.69, 9.17) is 4.74 Å². The zero-order valence-electron chi connectivity index (χ0n) is 15.5. The van der Waals surface area contributed by atoms with Gasteiger partial charge in [-0.2, -0.15) is 0 Å². The van der Waals surface area contributed by atoms with Crippen molar-refractivity contribution in [3.63, 3.8) is 0 Å². The summed E-state index contributed by atoms with van der Waals surface area (Å²) in [6.45, 7) is 5.33. The molecule has 27 heavy (non-hydrogen) atoms. The molecule has 0 aliphatic carbocycles. The summed E-state index contributed by atoms with van der Waals surface area (Å²) >= 11 is 0. The highest BCUT2D eigenvalue weighted by Crippen LogP contribution is 2.23. The predicted octanol–water partition coefficient (Wildman–Crippen LogP) is 1.89. The molecule has 1 atom stereocenters. The second-order valence-corrected chi connectivity index (χ2v) is 7.11. The van der Waals surface area contributed by atoms with Gasteiger partial charge in [0.2, 0.25) is 0 Å². The Balaban J connectivity index is 1.40. The maximum Gasteiger partial charge on any atom is 0.134 e. The number of nitrogens with zero attached hydrogens (tertiary/aromatic N) is 4. The Morgan fingerprint density at radius 1 is 1.07 bits per heavy atom. The molecule has 2 N–H and O–H groups in total. The van der Waals surface area contributed by atoms with Crippen LogP contribution in [0.3, 0.4) is 0 Å². The van der Waals surface area contributed by atoms with Crippen LogP contribution >= 0.6 is 0 Å². The van der Waals surface area contributed by atoms with Crippen molar-refractivity contribution in [1.82, 2.24) is 9.97 Å². The molecule has 7 nitrogen and oxygen atoms in total. The fraction of sp³-hybridized carbons (Fsp3) is 0.500. The molecule has 0 saturated carbocycles. The Labute approximate surface area is 160 Å². The van der Waals surface area contributed by atoms with Crippen LogP contribution in [0, 0.1) is 0 Å². The lowest BCUT2D eigenvalue weighted by molar-refractivity contribution is 0.122. The Morgan fingerprint density at radius 2 is 1.89 bits per heavy atom. The normalized spacial score (nSPS) is 20.6. The van der Waals surface area contributed by atoms with E-state index in [-0.39, 0.29) is 6.61 Å². The lowest BCUT2D eigenvalue weighted by Gasteiger charge is -2.35. The molecule has 2 aliphatic heterocycles. The molecule has 0 amide bonds. The SMILES string of the molecule is OCc1ccc(N2CCC[C@@H](Nc3cc(N4CCOCC4)ncn3)C2)cc1. The van der Waals surface area contributed by atoms with Gasteiger partial charge in [0.15, 0.2) is 0 Å². The fourth-order valence-corrected chi connectivity index (χ4v) is 3.74. The van der Waals surface area contributed by atoms with Gasteiger partial charge in [0.05, 0.1) is 19.8 Å². The molecule has 1 aromatic carbocycles. The number of hydrogen-bond acceptors (Lipinski definition) is 7. The van der Waals surface area contributed by atoms with Gasteiger partial charge in [-0.1, -0.05) is 12.1 Å². The summed E-state index contributed by atoms with van der Waals surface area (Å²) in [7, 11) is 0. The average molecular weight is 369 g/mol. The van der Waals surface area contributed by atoms with Gasteiger partial charge in [-0.3, -0.25) is 0 Å². The second kappa shape index (κ2) is 8.54. The molecule has 3 heterocycles. The largest absolute Gasteiger partial charge is 0.392 e. The van der Waals surface area contributed by atoms with Crippen LogP contribution in [0.2, 0.25) is 0 Å². The van der Waals surface area contributed by atoms with Crippen molar-refractivity contribution in [1.29, 1.82) is 0 Å². The van der Waals surface area contributed by atoms with E-state index in [1.165, 1.54) is 5.69 Å². The summed E-state index contributed by atoms with van der Waals surface area (Å²) in [6, 6.07) is 10.6. The molecule has 0 spiro atoms. The minimum Gasteiger partial charge on any atom is -0.392 e. The van der Waals surface area contributed by atoms with Crippen molar-refractivity contribution in [2.75, 3.05) is 54.5 Å². The Bertz CT molecular complexity index is 733. The Morgan fingerprint density at radius 3 is 2.67 bits per heavy atom. The molecule has 2 aliphatic rings. The van der Waals surface area contributed by atoms with Gasteiger partial charge in [-0.25, -0.2) is 9.97 Å². The van der Waals surface area contributed by atoms with Crippen LogP contribution < -0.4 is 15.1 Å². The standard InChI is InChI=1S/C20H27N5O2/c26-14-16-3-5-18(6-4-16)25-7-1-2-17(13-25)23-19-12-20(22-15-21-19)24-8-10-27-11-9-24/h3-6,12,15,17,26H,1-2,7-11,13-14H2,(H,21,22,23)/t17-/m1/s1. The molecular weight excluding hydrogens is 342 g/mol. The van der Waals surface area contributed by atoms with Crippen LogP contribution in [-0.4, -0.2) is 60.5 Å². The van der Waals surface area contributed by atoms with Crippen LogP contribution in [0.4, 0.5) is 17.3 Å². The summed E-state index contributed by atoms with van der Waals surface area (Å²) in [4.78, 5) is 13.5. The number of anilines is 3. The predicted molar refractivity (Wildman–Crippen MR) is 106 cm³/mol. The molecule has 0 unspecified atom stereocenters. The third kappa shape index (κ3) is 4.48. The van der Waals surface area contributed by atoms with Gasteiger partial charge in [0.1, 0.15) is 18.0 Å². The lowest BCUT2D eigenvalue weighted by Crippen LogP contribution is -2.42. The molecular formula is C20H27N5O2. The number of aliphatic hydroxyl groups excluding tert-OH is 1. The topological polar surface area (TPSA) is 73.8 Å². The summed E-state index contributed by atoms with van der Waals surface area (Å²) in [6.07, 6.45) is 3.91. The van der Waals surface area contributed by atoms with E-state index >= 15 is 0 Å². The highest BCUT2D eigenvalue weighted by atomic mass is 16.5. The summed E-state index contributed by atoms with van der Waals surface area (Å²) in [5, 5.41) is 12.8. The average Bonchev–Trinajstić information content (AvgIpc) is 2.75. The van der Waals surface area contributed by atoms with Crippen molar-refractivity contribution in [3.05, 3.63) is 42.2 Å². The highest BCUT2D eigenvalue weighted by Gasteiger charge is 2.21. The van der Waals surface area contributed by atoms with Gasteiger partial charge >= 0.3 is 0 Å². The van der Waals surface area contributed by atoms with Gasteiger partial charge in [-0.05, 0) is 30.5 Å². The minimum absolute atomic E-state index is 0.0870. The highest BCUT2D eigenvalue weighted by molar-refractivity contribution is 5.51. The molecule has 2 aromatic rings. The molecule has 4 rings (SSSR count). The van der Waals surface area contributed by atoms with Crippen LogP contribution in [0.1, 0.15) is 18.4 Å². The Hall–Kier alpha value is -2.38. The fourth-order valence-electron chi connectivity index (χ4n) is 3.74. The van der Waals surface area contributed by atoms with Crippen LogP contribution in [0.15, 0.2) is 36.7 Å². The first-order valence-electron chi connectivity index (χ1n) is 9.68. The first-order chi connectivity index (χ1) is 13.3. The quantitative estimate of drug-likeness (QED) is 0.834. The van der Waals surface area contributed by atoms with Crippen molar-refractivity contribution in [2.45, 2.75) is 25.5 Å². The second-order valence-electron chi connectivity index (χ2n) is 7.11. The zero-order chi connectivity index (χ0) is 18.5. The molecule has 144 valence electrons. The van der Waals surface area contributed by atoms with Crippen molar-refractivity contribution in [2.24, 2.45) is 0 Å². The number of rotatable bonds is 5. The molecule has 0 radical (unpaired) electrons. The van der Waals surface area contributed by atoms with Gasteiger partial charge in [0.25, 0.3) is 0 Å². The van der Waals surface area contributed by atoms with E-state index in [0.29, 0.717) is 6.04 Å². The lowest BCUT2D eigenvalue weighted by atomic mass is 10.0. The van der Waals surface area contributed by atoms with E-state index < -0.39 is 0 Å². The summed E-state index contributed by atoms with van der Waals surface area (Å²) in [5.41, 5.74) is 2.15. The van der Waals surface area contributed by atoms with Crippen molar-refractivity contribution < 1.29 is 9.84 Å². The van der Waals surface area contributed by atoms with Crippen LogP contribution in [0.5, 0.6) is 0 Å². The van der Waals surface area contributed by atoms with Crippen molar-refractivity contribution in [3.8, 4) is 0 Å². The summed E-state index contributed by atoms with van der Waals surface area (Å²) < 4.78 is 5.42. The molecule has 2 saturated heterocycles. The maximum atomic E-state index is 9.22. The van der Waals surface area contributed by atoms with Crippen molar-refractivity contribution >= 4 is 17.3 Å². The monoisotopic (exact) mass is 369 g/mol. The van der Waals surface area contributed by atoms with E-state index in [1.807, 2.05) is 18.2 Å². The molecule has 2 fully saturated rings. The van der Waals surface area contributed by atoms with Crippen LogP contribution in [0.25, 0.3) is 0 Å². The zero-order valence-corrected chi connectivity index (χ0v) is 15.5. The van der Waals surface area contributed by atoms with E-state index in [9.17, 15) is 5.11 Å². The molecule has 7 heteroatoms. The number of ether oxygens (including phenoxy) is 1. The number of morpholine rings is 1. The Kier molecular flexibility index (Phi) is 5.69. The number of aliphatic hydroxyl groups is 1. The van der Waals surface area contributed by atoms with E-state index in [0.717, 1.165) is 69.4 Å². The maximum absolute atomic E-state index is 9.22. The smallest absolute Gasteiger partial charge is 0.134 e. The number of hydrogen-bond donors (Lipinski definition) is 2. The molecule has 0 bridgehead atoms. The summed E-state index contributed by atoms with van der Waals surface area (Å²) in [5.74, 6) is 1.84. The number of aromatic nitrogens is 2. The van der Waals surface area contributed by atoms with E-state index in [1.54, 1.807) is 6.33 Å². The first-order valence-corrected chi connectivity index (χ1v) is 9.68. The number of benzene rings is 1. The minimum atomic E-state index is 0.0870. The third-order valence-electron chi connectivity index (χ3n) is 5.25. The third-order valence-corrected chi connectivity index (χ3v) is 5.25. The number of piperidine rings is 1. The van der Waals surface area contributed by atoms with Crippen LogP contribution in [-0.2, 0) is 11.3 Å².